The molecule has 0 atom stereocenters. The van der Waals surface area contributed by atoms with Gasteiger partial charge in [0.1, 0.15) is 28.5 Å². The van der Waals surface area contributed by atoms with Crippen LogP contribution in [0.4, 0.5) is 0 Å². The number of hydrogen-bond donors (Lipinski definition) is 0. The van der Waals surface area contributed by atoms with Crippen LogP contribution in [0.3, 0.4) is 0 Å². The number of nitriles is 1. The number of nitrogens with zero attached hydrogens (tertiary/aromatic N) is 5. The van der Waals surface area contributed by atoms with E-state index in [1.807, 2.05) is 24.3 Å². The molecule has 0 unspecified atom stereocenters. The van der Waals surface area contributed by atoms with E-state index in [0.29, 0.717) is 16.7 Å². The predicted octanol–water partition coefficient (Wildman–Crippen LogP) is 2.36. The Bertz CT molecular complexity index is 842. The largest absolute Gasteiger partial charge is 0.497 e. The number of aromatic nitrogens is 4. The molecule has 0 spiro atoms. The summed E-state index contributed by atoms with van der Waals surface area (Å²) in [5.74, 6) is 0.765. The second-order valence-electron chi connectivity index (χ2n) is 4.28. The van der Waals surface area contributed by atoms with Crippen molar-refractivity contribution in [3.05, 3.63) is 48.3 Å². The van der Waals surface area contributed by atoms with Crippen LogP contribution in [-0.4, -0.2) is 27.1 Å². The monoisotopic (exact) mass is 277 g/mol. The minimum Gasteiger partial charge on any atom is -0.497 e. The van der Waals surface area contributed by atoms with E-state index < -0.39 is 0 Å². The summed E-state index contributed by atoms with van der Waals surface area (Å²) < 4.78 is 6.59. The minimum atomic E-state index is 0.371. The van der Waals surface area contributed by atoms with Crippen LogP contribution in [-0.2, 0) is 0 Å². The number of ether oxygens (including phenoxy) is 1. The van der Waals surface area contributed by atoms with Crippen LogP contribution in [0.15, 0.2) is 42.7 Å². The molecule has 0 aliphatic rings. The van der Waals surface area contributed by atoms with E-state index in [1.54, 1.807) is 31.6 Å². The Balaban J connectivity index is 2.05. The topological polar surface area (TPSA) is 76.6 Å². The highest BCUT2D eigenvalue weighted by Crippen LogP contribution is 2.18. The fraction of sp³-hybridized carbons (Fsp3) is 0.0667. The summed E-state index contributed by atoms with van der Waals surface area (Å²) in [7, 11) is 1.61. The maximum absolute atomic E-state index is 9.37. The fourth-order valence-electron chi connectivity index (χ4n) is 1.94. The summed E-state index contributed by atoms with van der Waals surface area (Å²) in [5.41, 5.74) is 2.63. The summed E-state index contributed by atoms with van der Waals surface area (Å²) >= 11 is 0. The number of methoxy groups -OCH3 is 1. The van der Waals surface area contributed by atoms with Gasteiger partial charge >= 0.3 is 0 Å². The molecule has 0 bridgehead atoms. The number of benzene rings is 1. The van der Waals surface area contributed by atoms with Crippen molar-refractivity contribution < 1.29 is 4.74 Å². The molecule has 0 aliphatic carbocycles. The first-order valence-electron chi connectivity index (χ1n) is 6.23. The van der Waals surface area contributed by atoms with E-state index in [0.717, 1.165) is 11.3 Å². The van der Waals surface area contributed by atoms with Crippen LogP contribution < -0.4 is 4.74 Å². The third-order valence-electron chi connectivity index (χ3n) is 3.01. The Morgan fingerprint density at radius 1 is 1.29 bits per heavy atom. The molecule has 2 heterocycles. The Kier molecular flexibility index (Phi) is 3.31. The van der Waals surface area contributed by atoms with Crippen molar-refractivity contribution in [2.75, 3.05) is 7.11 Å². The van der Waals surface area contributed by atoms with Gasteiger partial charge in [-0.2, -0.15) is 5.26 Å². The summed E-state index contributed by atoms with van der Waals surface area (Å²) in [6.45, 7) is 0. The lowest BCUT2D eigenvalue weighted by Gasteiger charge is -2.01. The lowest BCUT2D eigenvalue weighted by Crippen LogP contribution is -1.97. The van der Waals surface area contributed by atoms with Gasteiger partial charge in [0, 0.05) is 6.20 Å². The molecule has 0 saturated carbocycles. The third-order valence-corrected chi connectivity index (χ3v) is 3.01. The van der Waals surface area contributed by atoms with Crippen LogP contribution in [0.2, 0.25) is 0 Å². The van der Waals surface area contributed by atoms with E-state index in [-0.39, 0.29) is 0 Å². The first-order valence-corrected chi connectivity index (χ1v) is 6.23. The van der Waals surface area contributed by atoms with E-state index in [2.05, 4.69) is 21.4 Å². The van der Waals surface area contributed by atoms with Gasteiger partial charge in [-0.05, 0) is 29.8 Å². The molecule has 6 heteroatoms. The van der Waals surface area contributed by atoms with Crippen LogP contribution in [0, 0.1) is 11.3 Å². The van der Waals surface area contributed by atoms with Crippen molar-refractivity contribution in [2.24, 2.45) is 0 Å². The molecule has 2 aromatic heterocycles. The zero-order valence-electron chi connectivity index (χ0n) is 11.3. The molecule has 21 heavy (non-hydrogen) atoms. The highest BCUT2D eigenvalue weighted by Gasteiger charge is 2.08. The maximum atomic E-state index is 9.37. The third kappa shape index (κ3) is 2.44. The number of rotatable bonds is 3. The quantitative estimate of drug-likeness (QED) is 0.687. The van der Waals surface area contributed by atoms with Crippen LogP contribution in [0.25, 0.3) is 22.8 Å². The van der Waals surface area contributed by atoms with Gasteiger partial charge in [-0.1, -0.05) is 17.3 Å². The molecule has 0 aliphatic heterocycles. The van der Waals surface area contributed by atoms with Gasteiger partial charge in [0.25, 0.3) is 0 Å². The number of fused-ring (bicyclic) bond motifs is 1. The van der Waals surface area contributed by atoms with Gasteiger partial charge in [0.05, 0.1) is 13.3 Å². The Hall–Kier alpha value is -3.20. The Labute approximate surface area is 120 Å². The highest BCUT2D eigenvalue weighted by atomic mass is 16.5. The van der Waals surface area contributed by atoms with Crippen molar-refractivity contribution in [3.8, 4) is 11.8 Å². The second kappa shape index (κ2) is 5.43. The average Bonchev–Trinajstić information content (AvgIpc) is 2.97. The molecule has 0 fully saturated rings. The summed E-state index contributed by atoms with van der Waals surface area (Å²) in [5, 5.41) is 17.4. The minimum absolute atomic E-state index is 0.371. The Morgan fingerprint density at radius 2 is 2.10 bits per heavy atom. The molecule has 6 nitrogen and oxygen atoms in total. The lowest BCUT2D eigenvalue weighted by atomic mass is 10.2. The predicted molar refractivity (Wildman–Crippen MR) is 78.1 cm³/mol. The van der Waals surface area contributed by atoms with Gasteiger partial charge in [0.2, 0.25) is 0 Å². The SMILES string of the molecule is COc1ccc(/C=C(\C#N)n2nnc3ccncc32)cc1. The number of hydrogen-bond acceptors (Lipinski definition) is 5. The molecule has 102 valence electrons. The van der Waals surface area contributed by atoms with Crippen molar-refractivity contribution in [1.82, 2.24) is 20.0 Å². The van der Waals surface area contributed by atoms with Crippen LogP contribution in [0.1, 0.15) is 5.56 Å². The van der Waals surface area contributed by atoms with E-state index in [4.69, 9.17) is 4.74 Å². The molecular formula is C15H11N5O. The maximum Gasteiger partial charge on any atom is 0.145 e. The van der Waals surface area contributed by atoms with Gasteiger partial charge in [-0.25, -0.2) is 4.68 Å². The first-order chi connectivity index (χ1) is 10.3. The van der Waals surface area contributed by atoms with Crippen molar-refractivity contribution in [3.63, 3.8) is 0 Å². The molecule has 0 amide bonds. The second-order valence-corrected chi connectivity index (χ2v) is 4.28. The zero-order valence-corrected chi connectivity index (χ0v) is 11.3. The molecule has 0 saturated heterocycles. The zero-order chi connectivity index (χ0) is 14.7. The molecular weight excluding hydrogens is 266 g/mol. The smallest absolute Gasteiger partial charge is 0.145 e. The summed E-state index contributed by atoms with van der Waals surface area (Å²) in [4.78, 5) is 4.04. The Morgan fingerprint density at radius 3 is 2.81 bits per heavy atom. The highest BCUT2D eigenvalue weighted by molar-refractivity contribution is 5.85. The fourth-order valence-corrected chi connectivity index (χ4v) is 1.94. The normalized spacial score (nSPS) is 11.3. The van der Waals surface area contributed by atoms with E-state index >= 15 is 0 Å². The lowest BCUT2D eigenvalue weighted by molar-refractivity contribution is 0.415. The van der Waals surface area contributed by atoms with Gasteiger partial charge in [-0.15, -0.1) is 5.10 Å². The molecule has 0 radical (unpaired) electrons. The van der Waals surface area contributed by atoms with Crippen molar-refractivity contribution in [2.45, 2.75) is 0 Å². The molecule has 1 aromatic carbocycles. The van der Waals surface area contributed by atoms with Crippen LogP contribution in [0.5, 0.6) is 5.75 Å². The number of pyridine rings is 1. The van der Waals surface area contributed by atoms with E-state index in [9.17, 15) is 5.26 Å². The van der Waals surface area contributed by atoms with Crippen LogP contribution >= 0.6 is 0 Å². The van der Waals surface area contributed by atoms with Crippen molar-refractivity contribution in [1.29, 1.82) is 5.26 Å². The number of allylic oxidation sites excluding steroid dienone is 1. The van der Waals surface area contributed by atoms with E-state index in [1.165, 1.54) is 4.68 Å². The van der Waals surface area contributed by atoms with Gasteiger partial charge < -0.3 is 4.74 Å². The molecule has 3 aromatic rings. The first kappa shape index (κ1) is 12.8. The van der Waals surface area contributed by atoms with Gasteiger partial charge in [-0.3, -0.25) is 4.98 Å². The standard InChI is InChI=1S/C15H11N5O/c1-21-13-4-2-11(3-5-13)8-12(9-16)20-15-10-17-7-6-14(15)18-19-20/h2-8,10H,1H3/b12-8+. The molecule has 0 N–H and O–H groups in total. The van der Waals surface area contributed by atoms with Crippen molar-refractivity contribution >= 4 is 22.8 Å². The average molecular weight is 277 g/mol. The molecule has 3 rings (SSSR count). The summed E-state index contributed by atoms with van der Waals surface area (Å²) in [6.07, 6.45) is 5.01. The summed E-state index contributed by atoms with van der Waals surface area (Å²) in [6, 6.07) is 11.3. The van der Waals surface area contributed by atoms with Gasteiger partial charge in [0.15, 0.2) is 0 Å².